The minimum Gasteiger partial charge on any atom is -0.494 e. The minimum absolute atomic E-state index is 0.0406. The van der Waals surface area contributed by atoms with Crippen molar-refractivity contribution >= 4 is 17.2 Å². The maximum Gasteiger partial charge on any atom is 0.226 e. The molecule has 0 saturated carbocycles. The Bertz CT molecular complexity index is 711. The molecule has 2 heterocycles. The van der Waals surface area contributed by atoms with Crippen molar-refractivity contribution in [2.24, 2.45) is 0 Å². The molecule has 1 aliphatic rings. The average molecular weight is 389 g/mol. The Labute approximate surface area is 164 Å². The number of piperazine rings is 1. The molecule has 0 unspecified atom stereocenters. The molecule has 6 nitrogen and oxygen atoms in total. The molecule has 1 amide bonds. The maximum absolute atomic E-state index is 12.1. The van der Waals surface area contributed by atoms with Crippen LogP contribution in [0.4, 0.5) is 0 Å². The van der Waals surface area contributed by atoms with Crippen molar-refractivity contribution in [1.82, 2.24) is 20.5 Å². The van der Waals surface area contributed by atoms with Crippen molar-refractivity contribution in [2.75, 3.05) is 45.9 Å². The SMILES string of the molecule is CCOc1ccc(-c2nc(CC(=O)NCCCN3CCNCC3)cs2)cc1. The largest absolute Gasteiger partial charge is 0.494 e. The Kier molecular flexibility index (Phi) is 7.62. The van der Waals surface area contributed by atoms with Gasteiger partial charge in [0.25, 0.3) is 0 Å². The van der Waals surface area contributed by atoms with Crippen LogP contribution in [0.5, 0.6) is 5.75 Å². The number of nitrogens with zero attached hydrogens (tertiary/aromatic N) is 2. The van der Waals surface area contributed by atoms with Crippen LogP contribution in [0.3, 0.4) is 0 Å². The van der Waals surface area contributed by atoms with E-state index in [1.54, 1.807) is 11.3 Å². The number of hydrogen-bond acceptors (Lipinski definition) is 6. The van der Waals surface area contributed by atoms with Crippen molar-refractivity contribution in [1.29, 1.82) is 0 Å². The van der Waals surface area contributed by atoms with Crippen LogP contribution < -0.4 is 15.4 Å². The first-order chi connectivity index (χ1) is 13.2. The van der Waals surface area contributed by atoms with Crippen LogP contribution in [0, 0.1) is 0 Å². The van der Waals surface area contributed by atoms with Gasteiger partial charge in [-0.15, -0.1) is 11.3 Å². The predicted molar refractivity (Wildman–Crippen MR) is 109 cm³/mol. The van der Waals surface area contributed by atoms with E-state index in [4.69, 9.17) is 4.74 Å². The fraction of sp³-hybridized carbons (Fsp3) is 0.500. The molecule has 0 bridgehead atoms. The van der Waals surface area contributed by atoms with Gasteiger partial charge >= 0.3 is 0 Å². The molecule has 0 aliphatic carbocycles. The zero-order chi connectivity index (χ0) is 18.9. The van der Waals surface area contributed by atoms with Crippen LogP contribution in [0.25, 0.3) is 10.6 Å². The van der Waals surface area contributed by atoms with Gasteiger partial charge in [-0.1, -0.05) is 0 Å². The van der Waals surface area contributed by atoms with Crippen molar-refractivity contribution in [3.05, 3.63) is 35.3 Å². The van der Waals surface area contributed by atoms with Crippen LogP contribution in [0.15, 0.2) is 29.6 Å². The number of rotatable bonds is 9. The molecule has 1 aromatic carbocycles. The molecule has 7 heteroatoms. The summed E-state index contributed by atoms with van der Waals surface area (Å²) < 4.78 is 5.46. The average Bonchev–Trinajstić information content (AvgIpc) is 3.15. The summed E-state index contributed by atoms with van der Waals surface area (Å²) in [5.74, 6) is 0.900. The van der Waals surface area contributed by atoms with E-state index in [0.717, 1.165) is 67.7 Å². The van der Waals surface area contributed by atoms with Gasteiger partial charge in [-0.05, 0) is 44.2 Å². The molecule has 146 valence electrons. The third-order valence-electron chi connectivity index (χ3n) is 4.49. The van der Waals surface area contributed by atoms with Crippen LogP contribution in [0.2, 0.25) is 0 Å². The summed E-state index contributed by atoms with van der Waals surface area (Å²) in [6.45, 7) is 8.71. The van der Waals surface area contributed by atoms with E-state index >= 15 is 0 Å². The van der Waals surface area contributed by atoms with Gasteiger partial charge in [0.2, 0.25) is 5.91 Å². The highest BCUT2D eigenvalue weighted by molar-refractivity contribution is 7.13. The molecule has 27 heavy (non-hydrogen) atoms. The fourth-order valence-corrected chi connectivity index (χ4v) is 3.90. The molecule has 0 spiro atoms. The number of benzene rings is 1. The van der Waals surface area contributed by atoms with E-state index in [9.17, 15) is 4.79 Å². The zero-order valence-electron chi connectivity index (χ0n) is 15.9. The highest BCUT2D eigenvalue weighted by Gasteiger charge is 2.11. The van der Waals surface area contributed by atoms with Gasteiger partial charge in [-0.25, -0.2) is 4.98 Å². The van der Waals surface area contributed by atoms with Gasteiger partial charge in [0.15, 0.2) is 0 Å². The fourth-order valence-electron chi connectivity index (χ4n) is 3.07. The molecular formula is C20H28N4O2S. The minimum atomic E-state index is 0.0406. The van der Waals surface area contributed by atoms with Gasteiger partial charge in [-0.2, -0.15) is 0 Å². The van der Waals surface area contributed by atoms with Crippen LogP contribution >= 0.6 is 11.3 Å². The topological polar surface area (TPSA) is 66.5 Å². The van der Waals surface area contributed by atoms with Gasteiger partial charge in [0, 0.05) is 43.7 Å². The van der Waals surface area contributed by atoms with Crippen molar-refractivity contribution < 1.29 is 9.53 Å². The smallest absolute Gasteiger partial charge is 0.226 e. The molecule has 3 rings (SSSR count). The highest BCUT2D eigenvalue weighted by atomic mass is 32.1. The second-order valence-corrected chi connectivity index (χ2v) is 7.43. The Morgan fingerprint density at radius 3 is 2.81 bits per heavy atom. The monoisotopic (exact) mass is 388 g/mol. The molecule has 0 radical (unpaired) electrons. The van der Waals surface area contributed by atoms with Gasteiger partial charge in [0.1, 0.15) is 10.8 Å². The summed E-state index contributed by atoms with van der Waals surface area (Å²) in [5, 5.41) is 9.25. The molecule has 1 fully saturated rings. The summed E-state index contributed by atoms with van der Waals surface area (Å²) >= 11 is 1.57. The van der Waals surface area contributed by atoms with Gasteiger partial charge in [0.05, 0.1) is 18.7 Å². The van der Waals surface area contributed by atoms with Crippen LogP contribution in [-0.4, -0.2) is 61.7 Å². The first-order valence-corrected chi connectivity index (χ1v) is 10.5. The molecule has 1 aromatic heterocycles. The summed E-state index contributed by atoms with van der Waals surface area (Å²) in [5.41, 5.74) is 1.87. The van der Waals surface area contributed by atoms with Crippen LogP contribution in [-0.2, 0) is 11.2 Å². The molecule has 1 saturated heterocycles. The van der Waals surface area contributed by atoms with Crippen LogP contribution in [0.1, 0.15) is 19.0 Å². The standard InChI is InChI=1S/C20H28N4O2S/c1-2-26-18-6-4-16(5-7-18)20-23-17(15-27-20)14-19(25)22-8-3-11-24-12-9-21-10-13-24/h4-7,15,21H,2-3,8-14H2,1H3,(H,22,25). The van der Waals surface area contributed by atoms with E-state index in [1.807, 2.05) is 36.6 Å². The van der Waals surface area contributed by atoms with E-state index in [-0.39, 0.29) is 5.91 Å². The summed E-state index contributed by atoms with van der Waals surface area (Å²) in [4.78, 5) is 19.2. The number of thiazole rings is 1. The summed E-state index contributed by atoms with van der Waals surface area (Å²) in [6, 6.07) is 7.91. The lowest BCUT2D eigenvalue weighted by atomic mass is 10.2. The molecular weight excluding hydrogens is 360 g/mol. The summed E-state index contributed by atoms with van der Waals surface area (Å²) in [7, 11) is 0. The van der Waals surface area contributed by atoms with E-state index in [2.05, 4.69) is 20.5 Å². The van der Waals surface area contributed by atoms with E-state index < -0.39 is 0 Å². The Balaban J connectivity index is 1.40. The maximum atomic E-state index is 12.1. The first kappa shape index (κ1) is 19.8. The molecule has 1 aliphatic heterocycles. The first-order valence-electron chi connectivity index (χ1n) is 9.62. The Hall–Kier alpha value is -1.96. The normalized spacial score (nSPS) is 14.9. The Morgan fingerprint density at radius 2 is 2.07 bits per heavy atom. The quantitative estimate of drug-likeness (QED) is 0.645. The van der Waals surface area contributed by atoms with Crippen molar-refractivity contribution in [2.45, 2.75) is 19.8 Å². The molecule has 2 aromatic rings. The summed E-state index contributed by atoms with van der Waals surface area (Å²) in [6.07, 6.45) is 1.32. The molecule has 0 atom stereocenters. The third kappa shape index (κ3) is 6.30. The van der Waals surface area contributed by atoms with Gasteiger partial charge < -0.3 is 20.3 Å². The number of nitrogens with one attached hydrogen (secondary N) is 2. The zero-order valence-corrected chi connectivity index (χ0v) is 16.7. The third-order valence-corrected chi connectivity index (χ3v) is 5.43. The van der Waals surface area contributed by atoms with Crippen molar-refractivity contribution in [3.63, 3.8) is 0 Å². The Morgan fingerprint density at radius 1 is 1.30 bits per heavy atom. The highest BCUT2D eigenvalue weighted by Crippen LogP contribution is 2.25. The van der Waals surface area contributed by atoms with Gasteiger partial charge in [-0.3, -0.25) is 4.79 Å². The second-order valence-electron chi connectivity index (χ2n) is 6.57. The number of aromatic nitrogens is 1. The van der Waals surface area contributed by atoms with E-state index in [1.165, 1.54) is 0 Å². The predicted octanol–water partition coefficient (Wildman–Crippen LogP) is 2.16. The number of carbonyl (C=O) groups is 1. The lowest BCUT2D eigenvalue weighted by Gasteiger charge is -2.27. The number of carbonyl (C=O) groups excluding carboxylic acids is 1. The van der Waals surface area contributed by atoms with Crippen molar-refractivity contribution in [3.8, 4) is 16.3 Å². The number of amides is 1. The number of hydrogen-bond donors (Lipinski definition) is 2. The lowest BCUT2D eigenvalue weighted by molar-refractivity contribution is -0.120. The second kappa shape index (κ2) is 10.4. The lowest BCUT2D eigenvalue weighted by Crippen LogP contribution is -2.44. The molecule has 2 N–H and O–H groups in total. The van der Waals surface area contributed by atoms with E-state index in [0.29, 0.717) is 13.0 Å². The number of ether oxygens (including phenoxy) is 1.